The van der Waals surface area contributed by atoms with E-state index in [0.717, 1.165) is 11.1 Å². The van der Waals surface area contributed by atoms with E-state index in [1.54, 1.807) is 19.2 Å². The number of hydrogen-bond acceptors (Lipinski definition) is 2. The number of ketones is 1. The molecule has 0 aliphatic rings. The van der Waals surface area contributed by atoms with Crippen molar-refractivity contribution in [3.8, 4) is 5.75 Å². The lowest BCUT2D eigenvalue weighted by Crippen LogP contribution is -2.07. The van der Waals surface area contributed by atoms with E-state index in [1.165, 1.54) is 12.1 Å². The lowest BCUT2D eigenvalue weighted by atomic mass is 10.0. The third-order valence-corrected chi connectivity index (χ3v) is 2.96. The van der Waals surface area contributed by atoms with Gasteiger partial charge in [-0.3, -0.25) is 4.79 Å². The number of Topliss-reactive ketones (excluding diaryl/α,β-unsaturated/α-hetero) is 1. The maximum Gasteiger partial charge on any atom is 0.170 e. The predicted molar refractivity (Wildman–Crippen MR) is 72.2 cm³/mol. The third-order valence-electron chi connectivity index (χ3n) is 2.96. The van der Waals surface area contributed by atoms with Gasteiger partial charge in [0.2, 0.25) is 0 Å². The Morgan fingerprint density at radius 3 is 2.63 bits per heavy atom. The molecule has 2 rings (SSSR count). The van der Waals surface area contributed by atoms with Gasteiger partial charge in [-0.15, -0.1) is 0 Å². The first-order valence-corrected chi connectivity index (χ1v) is 6.03. The van der Waals surface area contributed by atoms with Gasteiger partial charge in [-0.05, 0) is 25.1 Å². The zero-order valence-electron chi connectivity index (χ0n) is 10.9. The van der Waals surface area contributed by atoms with Crippen molar-refractivity contribution < 1.29 is 13.9 Å². The maximum absolute atomic E-state index is 13.6. The van der Waals surface area contributed by atoms with Crippen LogP contribution >= 0.6 is 0 Å². The molecule has 0 unspecified atom stereocenters. The van der Waals surface area contributed by atoms with E-state index in [9.17, 15) is 9.18 Å². The molecule has 2 aromatic rings. The monoisotopic (exact) mass is 258 g/mol. The van der Waals surface area contributed by atoms with Gasteiger partial charge in [0.15, 0.2) is 5.78 Å². The van der Waals surface area contributed by atoms with Crippen LogP contribution < -0.4 is 4.74 Å². The highest BCUT2D eigenvalue weighted by atomic mass is 19.1. The minimum atomic E-state index is -0.487. The average molecular weight is 258 g/mol. The van der Waals surface area contributed by atoms with Crippen molar-refractivity contribution in [3.63, 3.8) is 0 Å². The summed E-state index contributed by atoms with van der Waals surface area (Å²) in [7, 11) is 1.56. The van der Waals surface area contributed by atoms with Gasteiger partial charge in [-0.1, -0.05) is 29.8 Å². The minimum absolute atomic E-state index is 0.117. The number of carbonyl (C=O) groups excluding carboxylic acids is 1. The van der Waals surface area contributed by atoms with E-state index in [-0.39, 0.29) is 17.8 Å². The summed E-state index contributed by atoms with van der Waals surface area (Å²) in [6, 6.07) is 11.6. The first kappa shape index (κ1) is 13.3. The van der Waals surface area contributed by atoms with Crippen LogP contribution in [0.5, 0.6) is 5.75 Å². The van der Waals surface area contributed by atoms with E-state index >= 15 is 0 Å². The molecule has 0 aliphatic carbocycles. The van der Waals surface area contributed by atoms with Crippen LogP contribution in [0.2, 0.25) is 0 Å². The second-order valence-corrected chi connectivity index (χ2v) is 4.40. The Balaban J connectivity index is 2.29. The summed E-state index contributed by atoms with van der Waals surface area (Å²) in [6.45, 7) is 1.94. The molecule has 0 N–H and O–H groups in total. The average Bonchev–Trinajstić information content (AvgIpc) is 2.39. The van der Waals surface area contributed by atoms with Gasteiger partial charge in [0.25, 0.3) is 0 Å². The van der Waals surface area contributed by atoms with Gasteiger partial charge in [-0.25, -0.2) is 4.39 Å². The van der Waals surface area contributed by atoms with E-state index < -0.39 is 5.82 Å². The molecule has 98 valence electrons. The molecule has 0 saturated carbocycles. The van der Waals surface area contributed by atoms with Gasteiger partial charge in [-0.2, -0.15) is 0 Å². The molecule has 3 heteroatoms. The van der Waals surface area contributed by atoms with Crippen molar-refractivity contribution in [2.24, 2.45) is 0 Å². The van der Waals surface area contributed by atoms with Crippen molar-refractivity contribution >= 4 is 5.78 Å². The van der Waals surface area contributed by atoms with Gasteiger partial charge < -0.3 is 4.74 Å². The molecule has 0 heterocycles. The molecular formula is C16H15FO2. The Morgan fingerprint density at radius 2 is 1.95 bits per heavy atom. The molecule has 2 nitrogen and oxygen atoms in total. The Hall–Kier alpha value is -2.16. The largest absolute Gasteiger partial charge is 0.496 e. The quantitative estimate of drug-likeness (QED) is 0.784. The number of benzene rings is 2. The number of halogens is 1. The zero-order chi connectivity index (χ0) is 13.8. The Morgan fingerprint density at radius 1 is 1.21 bits per heavy atom. The van der Waals surface area contributed by atoms with E-state index in [1.807, 2.05) is 25.1 Å². The summed E-state index contributed by atoms with van der Waals surface area (Å²) in [5, 5.41) is 0. The third kappa shape index (κ3) is 2.99. The van der Waals surface area contributed by atoms with Crippen LogP contribution in [-0.4, -0.2) is 12.9 Å². The van der Waals surface area contributed by atoms with Crippen molar-refractivity contribution in [3.05, 3.63) is 65.0 Å². The van der Waals surface area contributed by atoms with Crippen LogP contribution in [0.25, 0.3) is 0 Å². The standard InChI is InChI=1S/C16H15FO2/c1-11-7-8-16(19-2)12(9-11)10-15(18)13-5-3-4-6-14(13)17/h3-9H,10H2,1-2H3. The van der Waals surface area contributed by atoms with Gasteiger partial charge >= 0.3 is 0 Å². The fraction of sp³-hybridized carbons (Fsp3) is 0.188. The molecule has 0 fully saturated rings. The number of rotatable bonds is 4. The SMILES string of the molecule is COc1ccc(C)cc1CC(=O)c1ccccc1F. The highest BCUT2D eigenvalue weighted by Gasteiger charge is 2.14. The molecular weight excluding hydrogens is 243 g/mol. The normalized spacial score (nSPS) is 10.3. The second kappa shape index (κ2) is 5.65. The topological polar surface area (TPSA) is 26.3 Å². The molecule has 0 aliphatic heterocycles. The Bertz CT molecular complexity index is 605. The van der Waals surface area contributed by atoms with Crippen LogP contribution in [0.4, 0.5) is 4.39 Å². The van der Waals surface area contributed by atoms with E-state index in [0.29, 0.717) is 5.75 Å². The molecule has 2 aromatic carbocycles. The number of ether oxygens (including phenoxy) is 1. The smallest absolute Gasteiger partial charge is 0.170 e. The molecule has 0 spiro atoms. The van der Waals surface area contributed by atoms with Crippen LogP contribution in [0, 0.1) is 12.7 Å². The predicted octanol–water partition coefficient (Wildman–Crippen LogP) is 3.57. The molecule has 0 radical (unpaired) electrons. The highest BCUT2D eigenvalue weighted by Crippen LogP contribution is 2.22. The summed E-state index contributed by atoms with van der Waals surface area (Å²) in [4.78, 5) is 12.1. The summed E-state index contributed by atoms with van der Waals surface area (Å²) in [6.07, 6.45) is 0.131. The molecule has 0 amide bonds. The number of hydrogen-bond donors (Lipinski definition) is 0. The van der Waals surface area contributed by atoms with Crippen molar-refractivity contribution in [1.29, 1.82) is 0 Å². The molecule has 19 heavy (non-hydrogen) atoms. The van der Waals surface area contributed by atoms with Crippen LogP contribution in [-0.2, 0) is 6.42 Å². The molecule has 0 atom stereocenters. The number of methoxy groups -OCH3 is 1. The summed E-state index contributed by atoms with van der Waals surface area (Å²) in [5.41, 5.74) is 1.93. The summed E-state index contributed by atoms with van der Waals surface area (Å²) >= 11 is 0. The van der Waals surface area contributed by atoms with Gasteiger partial charge in [0.1, 0.15) is 11.6 Å². The molecule has 0 aromatic heterocycles. The van der Waals surface area contributed by atoms with E-state index in [4.69, 9.17) is 4.74 Å². The highest BCUT2D eigenvalue weighted by molar-refractivity contribution is 5.98. The lowest BCUT2D eigenvalue weighted by Gasteiger charge is -2.09. The van der Waals surface area contributed by atoms with Crippen LogP contribution in [0.1, 0.15) is 21.5 Å². The van der Waals surface area contributed by atoms with Crippen LogP contribution in [0.3, 0.4) is 0 Å². The Labute approximate surface area is 111 Å². The number of carbonyl (C=O) groups is 1. The van der Waals surface area contributed by atoms with Crippen LogP contribution in [0.15, 0.2) is 42.5 Å². The first-order valence-electron chi connectivity index (χ1n) is 6.03. The fourth-order valence-electron chi connectivity index (χ4n) is 2.00. The second-order valence-electron chi connectivity index (χ2n) is 4.40. The summed E-state index contributed by atoms with van der Waals surface area (Å²) in [5.74, 6) is -0.0867. The van der Waals surface area contributed by atoms with Gasteiger partial charge in [0, 0.05) is 12.0 Å². The first-order chi connectivity index (χ1) is 9.11. The lowest BCUT2D eigenvalue weighted by molar-refractivity contribution is 0.0988. The van der Waals surface area contributed by atoms with E-state index in [2.05, 4.69) is 0 Å². The zero-order valence-corrected chi connectivity index (χ0v) is 10.9. The van der Waals surface area contributed by atoms with Gasteiger partial charge in [0.05, 0.1) is 12.7 Å². The maximum atomic E-state index is 13.6. The summed E-state index contributed by atoms with van der Waals surface area (Å²) < 4.78 is 18.8. The Kier molecular flexibility index (Phi) is 3.95. The van der Waals surface area contributed by atoms with Crippen molar-refractivity contribution in [2.45, 2.75) is 13.3 Å². The fourth-order valence-corrected chi connectivity index (χ4v) is 2.00. The van der Waals surface area contributed by atoms with Crippen molar-refractivity contribution in [2.75, 3.05) is 7.11 Å². The molecule has 0 saturated heterocycles. The van der Waals surface area contributed by atoms with Crippen molar-refractivity contribution in [1.82, 2.24) is 0 Å². The molecule has 0 bridgehead atoms. The minimum Gasteiger partial charge on any atom is -0.496 e. The number of aryl methyl sites for hydroxylation is 1.